The maximum atomic E-state index is 12.0. The summed E-state index contributed by atoms with van der Waals surface area (Å²) in [5.41, 5.74) is 5.81. The average molecular weight is 262 g/mol. The Morgan fingerprint density at radius 2 is 2.06 bits per heavy atom. The van der Waals surface area contributed by atoms with Crippen molar-refractivity contribution in [1.82, 2.24) is 5.32 Å². The zero-order valence-electron chi connectivity index (χ0n) is 10.5. The third kappa shape index (κ3) is 3.67. The van der Waals surface area contributed by atoms with Crippen LogP contribution in [-0.4, -0.2) is 37.9 Å². The lowest BCUT2D eigenvalue weighted by atomic mass is 10.1. The third-order valence-electron chi connectivity index (χ3n) is 3.41. The highest BCUT2D eigenvalue weighted by molar-refractivity contribution is 7.92. The van der Waals surface area contributed by atoms with Crippen molar-refractivity contribution in [2.24, 2.45) is 11.7 Å². The Kier molecular flexibility index (Phi) is 4.94. The topological polar surface area (TPSA) is 89.3 Å². The van der Waals surface area contributed by atoms with Crippen LogP contribution in [0.1, 0.15) is 33.1 Å². The summed E-state index contributed by atoms with van der Waals surface area (Å²) in [5, 5.41) is 2.13. The molecule has 100 valence electrons. The summed E-state index contributed by atoms with van der Waals surface area (Å²) in [4.78, 5) is 11.4. The SMILES string of the molecule is CCCNC(=O)CS(=O)(=O)C1CCC(N)C1C. The Morgan fingerprint density at radius 1 is 1.41 bits per heavy atom. The van der Waals surface area contributed by atoms with E-state index in [1.54, 1.807) is 0 Å². The number of nitrogens with two attached hydrogens (primary N) is 1. The summed E-state index contributed by atoms with van der Waals surface area (Å²) in [6, 6.07) is -0.0616. The van der Waals surface area contributed by atoms with Gasteiger partial charge in [-0.3, -0.25) is 4.79 Å². The molecule has 3 N–H and O–H groups in total. The van der Waals surface area contributed by atoms with E-state index in [1.807, 2.05) is 13.8 Å². The zero-order valence-corrected chi connectivity index (χ0v) is 11.3. The van der Waals surface area contributed by atoms with Gasteiger partial charge in [-0.2, -0.15) is 0 Å². The fourth-order valence-corrected chi connectivity index (χ4v) is 4.30. The van der Waals surface area contributed by atoms with Crippen molar-refractivity contribution in [2.45, 2.75) is 44.4 Å². The van der Waals surface area contributed by atoms with Gasteiger partial charge in [-0.15, -0.1) is 0 Å². The molecule has 0 heterocycles. The van der Waals surface area contributed by atoms with E-state index in [-0.39, 0.29) is 12.0 Å². The predicted octanol–water partition coefficient (Wildman–Crippen LogP) is 0.0532. The molecule has 0 aromatic rings. The molecule has 3 atom stereocenters. The number of nitrogens with one attached hydrogen (secondary N) is 1. The van der Waals surface area contributed by atoms with Gasteiger partial charge >= 0.3 is 0 Å². The van der Waals surface area contributed by atoms with E-state index in [4.69, 9.17) is 5.73 Å². The van der Waals surface area contributed by atoms with Gasteiger partial charge in [0.2, 0.25) is 5.91 Å². The first-order valence-corrected chi connectivity index (χ1v) is 7.84. The van der Waals surface area contributed by atoms with E-state index in [0.717, 1.165) is 12.8 Å². The number of carbonyl (C=O) groups excluding carboxylic acids is 1. The first kappa shape index (κ1) is 14.4. The lowest BCUT2D eigenvalue weighted by molar-refractivity contribution is -0.118. The Labute approximate surface area is 103 Å². The van der Waals surface area contributed by atoms with Crippen LogP contribution in [0.4, 0.5) is 0 Å². The first-order valence-electron chi connectivity index (χ1n) is 6.12. The number of hydrogen-bond donors (Lipinski definition) is 2. The van der Waals surface area contributed by atoms with Crippen molar-refractivity contribution >= 4 is 15.7 Å². The second kappa shape index (κ2) is 5.82. The third-order valence-corrected chi connectivity index (χ3v) is 5.66. The molecule has 3 unspecified atom stereocenters. The number of sulfone groups is 1. The van der Waals surface area contributed by atoms with E-state index in [1.165, 1.54) is 0 Å². The summed E-state index contributed by atoms with van der Waals surface area (Å²) in [6.07, 6.45) is 2.10. The molecule has 0 radical (unpaired) electrons. The molecule has 0 bridgehead atoms. The van der Waals surface area contributed by atoms with Crippen LogP contribution in [0.3, 0.4) is 0 Å². The summed E-state index contributed by atoms with van der Waals surface area (Å²) in [5.74, 6) is -0.868. The second-order valence-electron chi connectivity index (χ2n) is 4.80. The Bertz CT molecular complexity index is 367. The fraction of sp³-hybridized carbons (Fsp3) is 0.909. The number of carbonyl (C=O) groups is 1. The summed E-state index contributed by atoms with van der Waals surface area (Å²) < 4.78 is 24.1. The Morgan fingerprint density at radius 3 is 2.53 bits per heavy atom. The lowest BCUT2D eigenvalue weighted by Gasteiger charge is -2.18. The summed E-state index contributed by atoms with van der Waals surface area (Å²) in [7, 11) is -3.36. The zero-order chi connectivity index (χ0) is 13.1. The van der Waals surface area contributed by atoms with Gasteiger partial charge in [0.1, 0.15) is 5.75 Å². The van der Waals surface area contributed by atoms with Crippen molar-refractivity contribution in [3.8, 4) is 0 Å². The first-order chi connectivity index (χ1) is 7.88. The van der Waals surface area contributed by atoms with Gasteiger partial charge in [0.05, 0.1) is 5.25 Å². The maximum Gasteiger partial charge on any atom is 0.235 e. The van der Waals surface area contributed by atoms with Gasteiger partial charge in [0.15, 0.2) is 9.84 Å². The minimum atomic E-state index is -3.36. The van der Waals surface area contributed by atoms with E-state index in [0.29, 0.717) is 13.0 Å². The summed E-state index contributed by atoms with van der Waals surface area (Å²) in [6.45, 7) is 4.30. The number of hydrogen-bond acceptors (Lipinski definition) is 4. The molecule has 6 heteroatoms. The Balaban J connectivity index is 2.60. The van der Waals surface area contributed by atoms with E-state index in [9.17, 15) is 13.2 Å². The molecule has 1 aliphatic rings. The van der Waals surface area contributed by atoms with Crippen molar-refractivity contribution in [3.05, 3.63) is 0 Å². The van der Waals surface area contributed by atoms with E-state index < -0.39 is 26.7 Å². The molecular weight excluding hydrogens is 240 g/mol. The molecule has 1 amide bonds. The van der Waals surface area contributed by atoms with Gasteiger partial charge in [-0.25, -0.2) is 8.42 Å². The van der Waals surface area contributed by atoms with Gasteiger partial charge in [-0.05, 0) is 25.2 Å². The van der Waals surface area contributed by atoms with Crippen LogP contribution >= 0.6 is 0 Å². The predicted molar refractivity (Wildman–Crippen MR) is 67.2 cm³/mol. The molecule has 17 heavy (non-hydrogen) atoms. The maximum absolute atomic E-state index is 12.0. The highest BCUT2D eigenvalue weighted by Gasteiger charge is 2.39. The van der Waals surface area contributed by atoms with E-state index in [2.05, 4.69) is 5.32 Å². The monoisotopic (exact) mass is 262 g/mol. The van der Waals surface area contributed by atoms with Crippen LogP contribution < -0.4 is 11.1 Å². The fourth-order valence-electron chi connectivity index (χ4n) is 2.27. The number of rotatable bonds is 5. The van der Waals surface area contributed by atoms with Crippen molar-refractivity contribution in [3.63, 3.8) is 0 Å². The molecule has 0 spiro atoms. The van der Waals surface area contributed by atoms with Crippen LogP contribution in [0.5, 0.6) is 0 Å². The molecule has 5 nitrogen and oxygen atoms in total. The average Bonchev–Trinajstić information content (AvgIpc) is 2.56. The molecule has 1 rings (SSSR count). The van der Waals surface area contributed by atoms with Gasteiger partial charge in [-0.1, -0.05) is 13.8 Å². The highest BCUT2D eigenvalue weighted by atomic mass is 32.2. The molecule has 0 aliphatic heterocycles. The molecular formula is C11H22N2O3S. The van der Waals surface area contributed by atoms with Crippen molar-refractivity contribution < 1.29 is 13.2 Å². The van der Waals surface area contributed by atoms with Crippen LogP contribution in [0.2, 0.25) is 0 Å². The summed E-state index contributed by atoms with van der Waals surface area (Å²) >= 11 is 0. The minimum Gasteiger partial charge on any atom is -0.355 e. The highest BCUT2D eigenvalue weighted by Crippen LogP contribution is 2.30. The van der Waals surface area contributed by atoms with Crippen molar-refractivity contribution in [2.75, 3.05) is 12.3 Å². The molecule has 0 aromatic heterocycles. The minimum absolute atomic E-state index is 0.0565. The van der Waals surface area contributed by atoms with Crippen LogP contribution in [0, 0.1) is 5.92 Å². The normalized spacial score (nSPS) is 29.2. The molecule has 1 saturated carbocycles. The molecule has 0 saturated heterocycles. The van der Waals surface area contributed by atoms with Gasteiger partial charge in [0, 0.05) is 12.6 Å². The van der Waals surface area contributed by atoms with Crippen LogP contribution in [0.15, 0.2) is 0 Å². The largest absolute Gasteiger partial charge is 0.355 e. The smallest absolute Gasteiger partial charge is 0.235 e. The van der Waals surface area contributed by atoms with Gasteiger partial charge < -0.3 is 11.1 Å². The second-order valence-corrected chi connectivity index (χ2v) is 7.02. The lowest BCUT2D eigenvalue weighted by Crippen LogP contribution is -2.38. The van der Waals surface area contributed by atoms with E-state index >= 15 is 0 Å². The van der Waals surface area contributed by atoms with Crippen LogP contribution in [0.25, 0.3) is 0 Å². The quantitative estimate of drug-likeness (QED) is 0.733. The molecule has 0 aromatic carbocycles. The molecule has 1 aliphatic carbocycles. The number of amides is 1. The Hall–Kier alpha value is -0.620. The van der Waals surface area contributed by atoms with Crippen LogP contribution in [-0.2, 0) is 14.6 Å². The van der Waals surface area contributed by atoms with Gasteiger partial charge in [0.25, 0.3) is 0 Å². The molecule has 1 fully saturated rings. The standard InChI is InChI=1S/C11H22N2O3S/c1-3-6-13-11(14)7-17(15,16)10-5-4-9(12)8(10)2/h8-10H,3-7,12H2,1-2H3,(H,13,14). The van der Waals surface area contributed by atoms with Crippen molar-refractivity contribution in [1.29, 1.82) is 0 Å².